The van der Waals surface area contributed by atoms with E-state index in [1.165, 1.54) is 12.0 Å². The average Bonchev–Trinajstić information content (AvgIpc) is 2.55. The van der Waals surface area contributed by atoms with Crippen molar-refractivity contribution >= 4 is 0 Å². The first-order valence-electron chi connectivity index (χ1n) is 6.49. The zero-order valence-electron chi connectivity index (χ0n) is 10.9. The van der Waals surface area contributed by atoms with Gasteiger partial charge in [0, 0.05) is 6.04 Å². The van der Waals surface area contributed by atoms with Crippen molar-refractivity contribution in [1.29, 1.82) is 0 Å². The largest absolute Gasteiger partial charge is 0.310 e. The van der Waals surface area contributed by atoms with Gasteiger partial charge in [-0.1, -0.05) is 45.9 Å². The number of rotatable bonds is 3. The van der Waals surface area contributed by atoms with Gasteiger partial charge in [0.05, 0.1) is 0 Å². The maximum absolute atomic E-state index is 3.62. The zero-order chi connectivity index (χ0) is 11.7. The molecule has 88 valence electrons. The second-order valence-corrected chi connectivity index (χ2v) is 5.33. The molecule has 2 unspecified atom stereocenters. The molecule has 2 atom stereocenters. The molecule has 0 aromatic heterocycles. The highest BCUT2D eigenvalue weighted by atomic mass is 14.9. The second kappa shape index (κ2) is 4.58. The molecule has 0 fully saturated rings. The number of fused-ring (bicyclic) bond motifs is 1. The third kappa shape index (κ3) is 2.01. The van der Waals surface area contributed by atoms with Crippen LogP contribution in [0.1, 0.15) is 56.3 Å². The fourth-order valence-corrected chi connectivity index (χ4v) is 2.75. The molecule has 16 heavy (non-hydrogen) atoms. The van der Waals surface area contributed by atoms with E-state index in [1.807, 2.05) is 0 Å². The highest BCUT2D eigenvalue weighted by Crippen LogP contribution is 2.37. The third-order valence-corrected chi connectivity index (χ3v) is 3.71. The average molecular weight is 217 g/mol. The normalized spacial score (nSPS) is 23.8. The molecule has 0 heterocycles. The van der Waals surface area contributed by atoms with Gasteiger partial charge in [0.1, 0.15) is 0 Å². The summed E-state index contributed by atoms with van der Waals surface area (Å²) in [4.78, 5) is 0. The van der Waals surface area contributed by atoms with Gasteiger partial charge >= 0.3 is 0 Å². The van der Waals surface area contributed by atoms with Gasteiger partial charge in [-0.2, -0.15) is 0 Å². The summed E-state index contributed by atoms with van der Waals surface area (Å²) in [7, 11) is 0. The molecule has 1 N–H and O–H groups in total. The quantitative estimate of drug-likeness (QED) is 0.815. The number of hydrogen-bond acceptors (Lipinski definition) is 1. The van der Waals surface area contributed by atoms with Gasteiger partial charge < -0.3 is 5.32 Å². The Balaban J connectivity index is 2.34. The number of hydrogen-bond donors (Lipinski definition) is 1. The molecule has 0 amide bonds. The Kier molecular flexibility index (Phi) is 3.34. The van der Waals surface area contributed by atoms with Crippen LogP contribution in [0.2, 0.25) is 0 Å². The molecule has 0 aliphatic heterocycles. The SMILES string of the molecule is CCNC1c2cc(C(C)C)ccc2CC1C. The summed E-state index contributed by atoms with van der Waals surface area (Å²) in [5.41, 5.74) is 4.55. The van der Waals surface area contributed by atoms with Gasteiger partial charge in [-0.05, 0) is 41.5 Å². The van der Waals surface area contributed by atoms with Crippen LogP contribution in [0.5, 0.6) is 0 Å². The van der Waals surface area contributed by atoms with E-state index in [4.69, 9.17) is 0 Å². The van der Waals surface area contributed by atoms with E-state index in [1.54, 1.807) is 11.1 Å². The summed E-state index contributed by atoms with van der Waals surface area (Å²) in [5.74, 6) is 1.36. The van der Waals surface area contributed by atoms with Crippen molar-refractivity contribution in [3.63, 3.8) is 0 Å². The zero-order valence-corrected chi connectivity index (χ0v) is 10.9. The Hall–Kier alpha value is -0.820. The van der Waals surface area contributed by atoms with Crippen molar-refractivity contribution in [3.05, 3.63) is 34.9 Å². The predicted molar refractivity (Wildman–Crippen MR) is 69.8 cm³/mol. The van der Waals surface area contributed by atoms with Crippen LogP contribution in [-0.2, 0) is 6.42 Å². The molecule has 1 heteroatoms. The lowest BCUT2D eigenvalue weighted by molar-refractivity contribution is 0.426. The molecule has 1 aliphatic rings. The molecule has 1 aromatic carbocycles. The van der Waals surface area contributed by atoms with Crippen LogP contribution in [0.25, 0.3) is 0 Å². The van der Waals surface area contributed by atoms with E-state index in [0.717, 1.165) is 12.5 Å². The summed E-state index contributed by atoms with van der Waals surface area (Å²) in [6.45, 7) is 10.1. The Bertz CT molecular complexity index is 368. The summed E-state index contributed by atoms with van der Waals surface area (Å²) >= 11 is 0. The highest BCUT2D eigenvalue weighted by molar-refractivity contribution is 5.39. The minimum Gasteiger partial charge on any atom is -0.310 e. The molecule has 1 aliphatic carbocycles. The molecule has 2 rings (SSSR count). The first-order valence-corrected chi connectivity index (χ1v) is 6.49. The first-order chi connectivity index (χ1) is 7.63. The summed E-state index contributed by atoms with van der Waals surface area (Å²) in [6.07, 6.45) is 1.23. The van der Waals surface area contributed by atoms with Gasteiger partial charge in [-0.25, -0.2) is 0 Å². The lowest BCUT2D eigenvalue weighted by atomic mass is 9.97. The fraction of sp³-hybridized carbons (Fsp3) is 0.600. The van der Waals surface area contributed by atoms with Gasteiger partial charge in [0.2, 0.25) is 0 Å². The molecule has 0 saturated carbocycles. The van der Waals surface area contributed by atoms with Crippen molar-refractivity contribution in [1.82, 2.24) is 5.32 Å². The Labute approximate surface area is 99.3 Å². The second-order valence-electron chi connectivity index (χ2n) is 5.33. The highest BCUT2D eigenvalue weighted by Gasteiger charge is 2.28. The maximum Gasteiger partial charge on any atom is 0.0351 e. The van der Waals surface area contributed by atoms with Crippen LogP contribution in [0.15, 0.2) is 18.2 Å². The standard InChI is InChI=1S/C15H23N/c1-5-16-15-11(4)8-13-7-6-12(10(2)3)9-14(13)15/h6-7,9-11,15-16H,5,8H2,1-4H3. The summed E-state index contributed by atoms with van der Waals surface area (Å²) in [6, 6.07) is 7.61. The van der Waals surface area contributed by atoms with Crippen LogP contribution >= 0.6 is 0 Å². The van der Waals surface area contributed by atoms with Gasteiger partial charge in [-0.3, -0.25) is 0 Å². The third-order valence-electron chi connectivity index (χ3n) is 3.71. The van der Waals surface area contributed by atoms with E-state index < -0.39 is 0 Å². The molecule has 1 aromatic rings. The van der Waals surface area contributed by atoms with Crippen molar-refractivity contribution < 1.29 is 0 Å². The lowest BCUT2D eigenvalue weighted by Crippen LogP contribution is -2.23. The molecular weight excluding hydrogens is 194 g/mol. The van der Waals surface area contributed by atoms with Crippen molar-refractivity contribution in [3.8, 4) is 0 Å². The van der Waals surface area contributed by atoms with Crippen LogP contribution in [-0.4, -0.2) is 6.54 Å². The fourth-order valence-electron chi connectivity index (χ4n) is 2.75. The molecule has 0 bridgehead atoms. The smallest absolute Gasteiger partial charge is 0.0351 e. The Morgan fingerprint density at radius 1 is 1.38 bits per heavy atom. The Morgan fingerprint density at radius 3 is 2.75 bits per heavy atom. The van der Waals surface area contributed by atoms with Gasteiger partial charge in [-0.15, -0.1) is 0 Å². The first kappa shape index (κ1) is 11.7. The van der Waals surface area contributed by atoms with E-state index in [9.17, 15) is 0 Å². The maximum atomic E-state index is 3.62. The van der Waals surface area contributed by atoms with Crippen molar-refractivity contribution in [2.45, 2.75) is 46.1 Å². The van der Waals surface area contributed by atoms with E-state index >= 15 is 0 Å². The molecule has 0 spiro atoms. The van der Waals surface area contributed by atoms with Crippen molar-refractivity contribution in [2.75, 3.05) is 6.54 Å². The van der Waals surface area contributed by atoms with Crippen LogP contribution in [0, 0.1) is 5.92 Å². The predicted octanol–water partition coefficient (Wildman–Crippen LogP) is 3.65. The van der Waals surface area contributed by atoms with Gasteiger partial charge in [0.15, 0.2) is 0 Å². The van der Waals surface area contributed by atoms with E-state index in [0.29, 0.717) is 12.0 Å². The molecule has 1 nitrogen and oxygen atoms in total. The van der Waals surface area contributed by atoms with E-state index in [-0.39, 0.29) is 0 Å². The molecule has 0 saturated heterocycles. The van der Waals surface area contributed by atoms with Crippen LogP contribution in [0.3, 0.4) is 0 Å². The molecular formula is C15H23N. The topological polar surface area (TPSA) is 12.0 Å². The molecule has 0 radical (unpaired) electrons. The summed E-state index contributed by atoms with van der Waals surface area (Å²) < 4.78 is 0. The van der Waals surface area contributed by atoms with Crippen LogP contribution < -0.4 is 5.32 Å². The monoisotopic (exact) mass is 217 g/mol. The number of nitrogens with one attached hydrogen (secondary N) is 1. The minimum absolute atomic E-state index is 0.568. The minimum atomic E-state index is 0.568. The van der Waals surface area contributed by atoms with Gasteiger partial charge in [0.25, 0.3) is 0 Å². The summed E-state index contributed by atoms with van der Waals surface area (Å²) in [5, 5.41) is 3.62. The van der Waals surface area contributed by atoms with Crippen LogP contribution in [0.4, 0.5) is 0 Å². The van der Waals surface area contributed by atoms with Crippen molar-refractivity contribution in [2.24, 2.45) is 5.92 Å². The van der Waals surface area contributed by atoms with E-state index in [2.05, 4.69) is 51.2 Å². The Morgan fingerprint density at radius 2 is 2.12 bits per heavy atom. The lowest BCUT2D eigenvalue weighted by Gasteiger charge is -2.18. The number of benzene rings is 1.